The number of ether oxygens (including phenoxy) is 1. The number of nitrogens with two attached hydrogens (primary N) is 1. The largest absolute Gasteiger partial charge is 0.491 e. The van der Waals surface area contributed by atoms with Crippen LogP contribution in [0.1, 0.15) is 5.56 Å². The number of para-hydroxylation sites is 1. The number of guanidine groups is 1. The Bertz CT molecular complexity index is 620. The van der Waals surface area contributed by atoms with E-state index in [1.807, 2.05) is 61.5 Å². The fourth-order valence-electron chi connectivity index (χ4n) is 1.86. The molecule has 6 heteroatoms. The molecule has 0 radical (unpaired) electrons. The number of hydrogen-bond acceptors (Lipinski definition) is 3. The van der Waals surface area contributed by atoms with Crippen LogP contribution in [-0.2, 0) is 0 Å². The standard InChI is InChI=1S/C17H21N3O2.HI/c1-13-6-5-9-16(10-13)22-12-15(21)11-19-17(18)20-14-7-3-2-4-8-14;/h2-10,15,21H,11-12H2,1H3,(H3,18,19,20);1H. The number of aliphatic hydroxyl groups is 1. The van der Waals surface area contributed by atoms with E-state index in [2.05, 4.69) is 10.3 Å². The van der Waals surface area contributed by atoms with Gasteiger partial charge in [0.2, 0.25) is 0 Å². The topological polar surface area (TPSA) is 79.9 Å². The Balaban J connectivity index is 0.00000264. The van der Waals surface area contributed by atoms with Crippen LogP contribution in [0.2, 0.25) is 0 Å². The molecule has 2 rings (SSSR count). The number of hydrogen-bond donors (Lipinski definition) is 3. The van der Waals surface area contributed by atoms with E-state index in [0.717, 1.165) is 17.0 Å². The van der Waals surface area contributed by atoms with E-state index in [4.69, 9.17) is 10.5 Å². The summed E-state index contributed by atoms with van der Waals surface area (Å²) in [7, 11) is 0. The molecule has 0 heterocycles. The first-order valence-electron chi connectivity index (χ1n) is 7.13. The van der Waals surface area contributed by atoms with Gasteiger partial charge in [0, 0.05) is 5.69 Å². The van der Waals surface area contributed by atoms with Crippen molar-refractivity contribution >= 4 is 35.6 Å². The van der Waals surface area contributed by atoms with Crippen molar-refractivity contribution in [3.05, 3.63) is 60.2 Å². The SMILES string of the molecule is Cc1cccc(OCC(O)CN=C(N)Nc2ccccc2)c1.I. The van der Waals surface area contributed by atoms with Crippen molar-refractivity contribution in [1.29, 1.82) is 0 Å². The van der Waals surface area contributed by atoms with Crippen LogP contribution in [0, 0.1) is 6.92 Å². The average molecular weight is 427 g/mol. The molecule has 124 valence electrons. The van der Waals surface area contributed by atoms with Gasteiger partial charge >= 0.3 is 0 Å². The molecule has 0 bridgehead atoms. The Kier molecular flexibility index (Phi) is 8.42. The lowest BCUT2D eigenvalue weighted by atomic mass is 10.2. The molecular formula is C17H22IN3O2. The minimum absolute atomic E-state index is 0. The number of aryl methyl sites for hydroxylation is 1. The smallest absolute Gasteiger partial charge is 0.193 e. The first kappa shape index (κ1) is 19.2. The number of rotatable bonds is 6. The van der Waals surface area contributed by atoms with E-state index in [0.29, 0.717) is 0 Å². The van der Waals surface area contributed by atoms with Gasteiger partial charge in [-0.1, -0.05) is 30.3 Å². The molecular weight excluding hydrogens is 405 g/mol. The van der Waals surface area contributed by atoms with Crippen LogP contribution in [0.25, 0.3) is 0 Å². The molecule has 1 unspecified atom stereocenters. The van der Waals surface area contributed by atoms with Crippen molar-refractivity contribution in [3.63, 3.8) is 0 Å². The first-order valence-corrected chi connectivity index (χ1v) is 7.13. The summed E-state index contributed by atoms with van der Waals surface area (Å²) in [5.41, 5.74) is 7.74. The molecule has 0 aliphatic carbocycles. The molecule has 0 aromatic heterocycles. The molecule has 0 amide bonds. The monoisotopic (exact) mass is 427 g/mol. The highest BCUT2D eigenvalue weighted by molar-refractivity contribution is 14.0. The van der Waals surface area contributed by atoms with Gasteiger partial charge in [0.15, 0.2) is 5.96 Å². The number of anilines is 1. The summed E-state index contributed by atoms with van der Waals surface area (Å²) in [5.74, 6) is 0.999. The number of aliphatic imine (C=N–C) groups is 1. The van der Waals surface area contributed by atoms with E-state index in [1.54, 1.807) is 0 Å². The second kappa shape index (κ2) is 10.1. The number of benzene rings is 2. The molecule has 1 atom stereocenters. The van der Waals surface area contributed by atoms with Crippen LogP contribution in [0.15, 0.2) is 59.6 Å². The lowest BCUT2D eigenvalue weighted by molar-refractivity contribution is 0.114. The van der Waals surface area contributed by atoms with Crippen molar-refractivity contribution in [2.45, 2.75) is 13.0 Å². The van der Waals surface area contributed by atoms with Gasteiger partial charge in [-0.3, -0.25) is 4.99 Å². The zero-order valence-corrected chi connectivity index (χ0v) is 15.3. The van der Waals surface area contributed by atoms with Gasteiger partial charge < -0.3 is 20.9 Å². The first-order chi connectivity index (χ1) is 10.6. The number of nitrogens with one attached hydrogen (secondary N) is 1. The molecule has 0 spiro atoms. The fourth-order valence-corrected chi connectivity index (χ4v) is 1.86. The van der Waals surface area contributed by atoms with Gasteiger partial charge in [-0.2, -0.15) is 0 Å². The second-order valence-corrected chi connectivity index (χ2v) is 5.00. The minimum atomic E-state index is -0.711. The van der Waals surface area contributed by atoms with Crippen LogP contribution >= 0.6 is 24.0 Å². The van der Waals surface area contributed by atoms with E-state index < -0.39 is 6.10 Å². The maximum Gasteiger partial charge on any atom is 0.193 e. The zero-order chi connectivity index (χ0) is 15.8. The Morgan fingerprint density at radius 2 is 1.96 bits per heavy atom. The molecule has 0 aliphatic heterocycles. The molecule has 4 N–H and O–H groups in total. The Morgan fingerprint density at radius 3 is 2.65 bits per heavy atom. The van der Waals surface area contributed by atoms with Gasteiger partial charge in [-0.25, -0.2) is 0 Å². The molecule has 23 heavy (non-hydrogen) atoms. The number of halogens is 1. The highest BCUT2D eigenvalue weighted by Gasteiger charge is 2.05. The molecule has 0 aliphatic rings. The summed E-state index contributed by atoms with van der Waals surface area (Å²) in [4.78, 5) is 4.10. The lowest BCUT2D eigenvalue weighted by Crippen LogP contribution is -2.27. The van der Waals surface area contributed by atoms with E-state index in [1.165, 1.54) is 0 Å². The summed E-state index contributed by atoms with van der Waals surface area (Å²) < 4.78 is 5.52. The summed E-state index contributed by atoms with van der Waals surface area (Å²) in [6.07, 6.45) is -0.711. The van der Waals surface area contributed by atoms with Crippen LogP contribution < -0.4 is 15.8 Å². The molecule has 0 fully saturated rings. The summed E-state index contributed by atoms with van der Waals surface area (Å²) >= 11 is 0. The van der Waals surface area contributed by atoms with Gasteiger partial charge in [-0.05, 0) is 36.8 Å². The highest BCUT2D eigenvalue weighted by Crippen LogP contribution is 2.12. The molecule has 0 saturated carbocycles. The van der Waals surface area contributed by atoms with Gasteiger partial charge in [0.25, 0.3) is 0 Å². The van der Waals surface area contributed by atoms with Crippen LogP contribution in [0.4, 0.5) is 5.69 Å². The van der Waals surface area contributed by atoms with Gasteiger partial charge in [0.05, 0.1) is 6.54 Å². The zero-order valence-electron chi connectivity index (χ0n) is 13.0. The Hall–Kier alpha value is -1.80. The van der Waals surface area contributed by atoms with Gasteiger partial charge in [-0.15, -0.1) is 24.0 Å². The predicted octanol–water partition coefficient (Wildman–Crippen LogP) is 2.78. The highest BCUT2D eigenvalue weighted by atomic mass is 127. The fraction of sp³-hybridized carbons (Fsp3) is 0.235. The quantitative estimate of drug-likeness (QED) is 0.376. The predicted molar refractivity (Wildman–Crippen MR) is 105 cm³/mol. The molecule has 2 aromatic rings. The normalized spacial score (nSPS) is 12.2. The summed E-state index contributed by atoms with van der Waals surface area (Å²) in [6, 6.07) is 17.2. The van der Waals surface area contributed by atoms with E-state index >= 15 is 0 Å². The van der Waals surface area contributed by atoms with Crippen molar-refractivity contribution in [1.82, 2.24) is 0 Å². The summed E-state index contributed by atoms with van der Waals surface area (Å²) in [5, 5.41) is 12.8. The third-order valence-electron chi connectivity index (χ3n) is 2.95. The molecule has 0 saturated heterocycles. The maximum atomic E-state index is 9.88. The third kappa shape index (κ3) is 7.34. The average Bonchev–Trinajstić information content (AvgIpc) is 2.52. The maximum absolute atomic E-state index is 9.88. The van der Waals surface area contributed by atoms with Crippen molar-refractivity contribution in [2.24, 2.45) is 10.7 Å². The Morgan fingerprint density at radius 1 is 1.22 bits per heavy atom. The van der Waals surface area contributed by atoms with Crippen molar-refractivity contribution in [3.8, 4) is 5.75 Å². The molecule has 2 aromatic carbocycles. The van der Waals surface area contributed by atoms with Crippen molar-refractivity contribution < 1.29 is 9.84 Å². The van der Waals surface area contributed by atoms with Crippen LogP contribution in [-0.4, -0.2) is 30.3 Å². The van der Waals surface area contributed by atoms with Gasteiger partial charge in [0.1, 0.15) is 18.5 Å². The van der Waals surface area contributed by atoms with E-state index in [9.17, 15) is 5.11 Å². The van der Waals surface area contributed by atoms with Crippen LogP contribution in [0.5, 0.6) is 5.75 Å². The second-order valence-electron chi connectivity index (χ2n) is 5.00. The number of aliphatic hydroxyl groups excluding tert-OH is 1. The summed E-state index contributed by atoms with van der Waals surface area (Å²) in [6.45, 7) is 2.34. The van der Waals surface area contributed by atoms with E-state index in [-0.39, 0.29) is 43.1 Å². The third-order valence-corrected chi connectivity index (χ3v) is 2.95. The lowest BCUT2D eigenvalue weighted by Gasteiger charge is -2.11. The van der Waals surface area contributed by atoms with Crippen LogP contribution in [0.3, 0.4) is 0 Å². The Labute approximate surface area is 153 Å². The van der Waals surface area contributed by atoms with Crippen molar-refractivity contribution in [2.75, 3.05) is 18.5 Å². The number of nitrogens with zero attached hydrogens (tertiary/aromatic N) is 1. The minimum Gasteiger partial charge on any atom is -0.491 e. The molecule has 5 nitrogen and oxygen atoms in total.